The van der Waals surface area contributed by atoms with Gasteiger partial charge in [-0.05, 0) is 31.9 Å². The second-order valence-electron chi connectivity index (χ2n) is 5.31. The van der Waals surface area contributed by atoms with Gasteiger partial charge in [0.1, 0.15) is 28.3 Å². The lowest BCUT2D eigenvalue weighted by Crippen LogP contribution is -2.19. The smallest absolute Gasteiger partial charge is 0.125 e. The second-order valence-corrected chi connectivity index (χ2v) is 6.17. The van der Waals surface area contributed by atoms with Gasteiger partial charge in [-0.25, -0.2) is 9.97 Å². The van der Waals surface area contributed by atoms with E-state index < -0.39 is 0 Å². The average molecular weight is 285 g/mol. The molecular formula is C15H15N3OS. The molecule has 1 aliphatic heterocycles. The SMILES string of the molecule is CC1(c2nc(-c3ncn4ccccc34)cs2)CCCO1. The monoisotopic (exact) mass is 285 g/mol. The number of aromatic nitrogens is 3. The van der Waals surface area contributed by atoms with E-state index in [1.807, 2.05) is 29.1 Å². The number of hydrogen-bond donors (Lipinski definition) is 0. The molecule has 20 heavy (non-hydrogen) atoms. The summed E-state index contributed by atoms with van der Waals surface area (Å²) in [5.41, 5.74) is 2.75. The van der Waals surface area contributed by atoms with Crippen LogP contribution in [0.25, 0.3) is 16.9 Å². The third kappa shape index (κ3) is 1.77. The van der Waals surface area contributed by atoms with Gasteiger partial charge in [0.05, 0.1) is 5.52 Å². The van der Waals surface area contributed by atoms with Crippen LogP contribution in [0.4, 0.5) is 0 Å². The Kier molecular flexibility index (Phi) is 2.65. The molecule has 5 heteroatoms. The highest BCUT2D eigenvalue weighted by molar-refractivity contribution is 7.10. The van der Waals surface area contributed by atoms with Crippen molar-refractivity contribution in [3.05, 3.63) is 41.1 Å². The summed E-state index contributed by atoms with van der Waals surface area (Å²) in [6, 6.07) is 6.09. The van der Waals surface area contributed by atoms with E-state index in [1.165, 1.54) is 0 Å². The zero-order valence-corrected chi connectivity index (χ0v) is 12.1. The molecule has 3 aromatic heterocycles. The molecule has 0 N–H and O–H groups in total. The highest BCUT2D eigenvalue weighted by Crippen LogP contribution is 2.38. The van der Waals surface area contributed by atoms with Crippen LogP contribution in [-0.4, -0.2) is 21.0 Å². The first-order chi connectivity index (χ1) is 9.76. The van der Waals surface area contributed by atoms with Gasteiger partial charge in [0.15, 0.2) is 0 Å². The molecule has 1 aliphatic rings. The maximum absolute atomic E-state index is 5.87. The Morgan fingerprint density at radius 2 is 2.35 bits per heavy atom. The number of ether oxygens (including phenoxy) is 1. The lowest BCUT2D eigenvalue weighted by atomic mass is 10.0. The Hall–Kier alpha value is -1.72. The Bertz CT molecular complexity index is 755. The van der Waals surface area contributed by atoms with Crippen LogP contribution >= 0.6 is 11.3 Å². The van der Waals surface area contributed by atoms with Crippen LogP contribution in [-0.2, 0) is 10.3 Å². The number of thiazole rings is 1. The Labute approximate surface area is 121 Å². The fourth-order valence-corrected chi connectivity index (χ4v) is 3.66. The third-order valence-electron chi connectivity index (χ3n) is 3.86. The van der Waals surface area contributed by atoms with Gasteiger partial charge in [-0.3, -0.25) is 0 Å². The molecule has 0 aromatic carbocycles. The fraction of sp³-hybridized carbons (Fsp3) is 0.333. The summed E-state index contributed by atoms with van der Waals surface area (Å²) in [4.78, 5) is 9.27. The summed E-state index contributed by atoms with van der Waals surface area (Å²) in [6.45, 7) is 2.96. The Morgan fingerprint density at radius 3 is 3.20 bits per heavy atom. The number of pyridine rings is 1. The maximum Gasteiger partial charge on any atom is 0.125 e. The predicted molar refractivity (Wildman–Crippen MR) is 78.8 cm³/mol. The Morgan fingerprint density at radius 1 is 1.40 bits per heavy atom. The molecule has 1 unspecified atom stereocenters. The van der Waals surface area contributed by atoms with E-state index >= 15 is 0 Å². The molecule has 0 spiro atoms. The molecule has 0 aliphatic carbocycles. The molecule has 1 fully saturated rings. The predicted octanol–water partition coefficient (Wildman–Crippen LogP) is 3.48. The number of rotatable bonds is 2. The maximum atomic E-state index is 5.87. The first kappa shape index (κ1) is 12.1. The zero-order chi connectivity index (χ0) is 13.6. The molecule has 0 radical (unpaired) electrons. The van der Waals surface area contributed by atoms with E-state index in [4.69, 9.17) is 9.72 Å². The largest absolute Gasteiger partial charge is 0.368 e. The van der Waals surface area contributed by atoms with E-state index in [0.717, 1.165) is 41.4 Å². The lowest BCUT2D eigenvalue weighted by molar-refractivity contribution is 0.0167. The quantitative estimate of drug-likeness (QED) is 0.723. The van der Waals surface area contributed by atoms with Gasteiger partial charge in [0.25, 0.3) is 0 Å². The molecule has 4 nitrogen and oxygen atoms in total. The van der Waals surface area contributed by atoms with E-state index in [-0.39, 0.29) is 5.60 Å². The van der Waals surface area contributed by atoms with Crippen molar-refractivity contribution >= 4 is 16.9 Å². The molecule has 0 bridgehead atoms. The van der Waals surface area contributed by atoms with Crippen molar-refractivity contribution < 1.29 is 4.74 Å². The first-order valence-electron chi connectivity index (χ1n) is 6.78. The van der Waals surface area contributed by atoms with Crippen molar-refractivity contribution in [1.82, 2.24) is 14.4 Å². The zero-order valence-electron chi connectivity index (χ0n) is 11.2. The van der Waals surface area contributed by atoms with Crippen LogP contribution in [0.3, 0.4) is 0 Å². The molecule has 1 saturated heterocycles. The van der Waals surface area contributed by atoms with Gasteiger partial charge >= 0.3 is 0 Å². The second kappa shape index (κ2) is 4.40. The molecule has 3 aromatic rings. The van der Waals surface area contributed by atoms with Crippen LogP contribution in [0.1, 0.15) is 24.8 Å². The van der Waals surface area contributed by atoms with Gasteiger partial charge in [0, 0.05) is 18.2 Å². The van der Waals surface area contributed by atoms with Crippen molar-refractivity contribution in [3.63, 3.8) is 0 Å². The summed E-state index contributed by atoms with van der Waals surface area (Å²) in [5, 5.41) is 3.14. The van der Waals surface area contributed by atoms with Crippen molar-refractivity contribution in [1.29, 1.82) is 0 Å². The summed E-state index contributed by atoms with van der Waals surface area (Å²) in [5.74, 6) is 0. The summed E-state index contributed by atoms with van der Waals surface area (Å²) in [6.07, 6.45) is 5.99. The minimum atomic E-state index is -0.210. The standard InChI is InChI=1S/C15H15N3OS/c1-15(6-4-8-19-15)14-17-11(9-20-14)13-12-5-2-3-7-18(12)10-16-13/h2-3,5,7,9-10H,4,6,8H2,1H3. The van der Waals surface area contributed by atoms with Crippen molar-refractivity contribution in [2.24, 2.45) is 0 Å². The normalized spacial score (nSPS) is 22.6. The van der Waals surface area contributed by atoms with Gasteiger partial charge in [0.2, 0.25) is 0 Å². The Balaban J connectivity index is 1.78. The number of imidazole rings is 1. The van der Waals surface area contributed by atoms with Gasteiger partial charge in [-0.2, -0.15) is 0 Å². The topological polar surface area (TPSA) is 39.4 Å². The molecule has 0 saturated carbocycles. The minimum absolute atomic E-state index is 0.210. The third-order valence-corrected chi connectivity index (χ3v) is 4.95. The molecule has 0 amide bonds. The van der Waals surface area contributed by atoms with Gasteiger partial charge < -0.3 is 9.14 Å². The van der Waals surface area contributed by atoms with Crippen LogP contribution in [0.15, 0.2) is 36.1 Å². The summed E-state index contributed by atoms with van der Waals surface area (Å²) in [7, 11) is 0. The van der Waals surface area contributed by atoms with Gasteiger partial charge in [-0.1, -0.05) is 6.07 Å². The van der Waals surface area contributed by atoms with Crippen molar-refractivity contribution in [2.45, 2.75) is 25.4 Å². The van der Waals surface area contributed by atoms with E-state index in [9.17, 15) is 0 Å². The van der Waals surface area contributed by atoms with E-state index in [0.29, 0.717) is 0 Å². The molecule has 4 rings (SSSR count). The lowest BCUT2D eigenvalue weighted by Gasteiger charge is -2.19. The molecular weight excluding hydrogens is 270 g/mol. The molecule has 1 atom stereocenters. The van der Waals surface area contributed by atoms with Gasteiger partial charge in [-0.15, -0.1) is 11.3 Å². The average Bonchev–Trinajstić information content (AvgIpc) is 3.16. The first-order valence-corrected chi connectivity index (χ1v) is 7.66. The molecule has 102 valence electrons. The van der Waals surface area contributed by atoms with Crippen LogP contribution < -0.4 is 0 Å². The number of hydrogen-bond acceptors (Lipinski definition) is 4. The molecule has 4 heterocycles. The highest BCUT2D eigenvalue weighted by atomic mass is 32.1. The number of fused-ring (bicyclic) bond motifs is 1. The van der Waals surface area contributed by atoms with Crippen LogP contribution in [0.2, 0.25) is 0 Å². The van der Waals surface area contributed by atoms with Crippen molar-refractivity contribution in [3.8, 4) is 11.4 Å². The van der Waals surface area contributed by atoms with Crippen LogP contribution in [0.5, 0.6) is 0 Å². The minimum Gasteiger partial charge on any atom is -0.368 e. The fourth-order valence-electron chi connectivity index (χ4n) is 2.71. The number of nitrogens with zero attached hydrogens (tertiary/aromatic N) is 3. The highest BCUT2D eigenvalue weighted by Gasteiger charge is 2.35. The van der Waals surface area contributed by atoms with Crippen molar-refractivity contribution in [2.75, 3.05) is 6.61 Å². The van der Waals surface area contributed by atoms with E-state index in [1.54, 1.807) is 11.3 Å². The summed E-state index contributed by atoms with van der Waals surface area (Å²) >= 11 is 1.67. The summed E-state index contributed by atoms with van der Waals surface area (Å²) < 4.78 is 7.88. The van der Waals surface area contributed by atoms with E-state index in [2.05, 4.69) is 23.4 Å². The van der Waals surface area contributed by atoms with Crippen LogP contribution in [0, 0.1) is 0 Å².